The predicted molar refractivity (Wildman–Crippen MR) is 74.6 cm³/mol. The molecule has 0 N–H and O–H groups in total. The molecule has 0 radical (unpaired) electrons. The number of carbonyl (C=O) groups is 2. The molecule has 1 saturated carbocycles. The van der Waals surface area contributed by atoms with Crippen molar-refractivity contribution >= 4 is 11.8 Å². The molecule has 108 valence electrons. The Morgan fingerprint density at radius 2 is 2.00 bits per heavy atom. The van der Waals surface area contributed by atoms with E-state index in [1.54, 1.807) is 6.92 Å². The summed E-state index contributed by atoms with van der Waals surface area (Å²) in [6.07, 6.45) is 0.803. The smallest absolute Gasteiger partial charge is 0.309 e. The van der Waals surface area contributed by atoms with Crippen molar-refractivity contribution in [2.24, 2.45) is 5.92 Å². The highest BCUT2D eigenvalue weighted by Gasteiger charge is 2.34. The second-order valence-corrected chi connectivity index (χ2v) is 5.11. The highest BCUT2D eigenvalue weighted by Crippen LogP contribution is 2.27. The summed E-state index contributed by atoms with van der Waals surface area (Å²) in [6, 6.07) is 7.56. The van der Waals surface area contributed by atoms with Gasteiger partial charge in [-0.05, 0) is 32.4 Å². The van der Waals surface area contributed by atoms with E-state index in [9.17, 15) is 9.59 Å². The van der Waals surface area contributed by atoms with Crippen LogP contribution in [0.25, 0.3) is 0 Å². The molecule has 2 unspecified atom stereocenters. The van der Waals surface area contributed by atoms with E-state index in [2.05, 4.69) is 0 Å². The summed E-state index contributed by atoms with van der Waals surface area (Å²) < 4.78 is 10.7. The molecule has 4 heteroatoms. The van der Waals surface area contributed by atoms with Crippen LogP contribution in [-0.4, -0.2) is 24.5 Å². The summed E-state index contributed by atoms with van der Waals surface area (Å²) in [6.45, 7) is 4.14. The molecular weight excluding hydrogens is 256 g/mol. The van der Waals surface area contributed by atoms with E-state index in [0.29, 0.717) is 31.6 Å². The monoisotopic (exact) mass is 276 g/mol. The summed E-state index contributed by atoms with van der Waals surface area (Å²) in [5.74, 6) is 0.269. The number of benzene rings is 1. The van der Waals surface area contributed by atoms with Gasteiger partial charge in [-0.3, -0.25) is 9.59 Å². The van der Waals surface area contributed by atoms with E-state index in [0.717, 1.165) is 5.56 Å². The molecule has 1 aromatic rings. The van der Waals surface area contributed by atoms with Crippen LogP contribution >= 0.6 is 0 Å². The normalized spacial score (nSPS) is 22.4. The van der Waals surface area contributed by atoms with Gasteiger partial charge in [0.15, 0.2) is 11.9 Å². The number of esters is 1. The molecule has 0 aliphatic heterocycles. The number of ether oxygens (including phenoxy) is 2. The number of carbonyl (C=O) groups excluding carboxylic acids is 2. The topological polar surface area (TPSA) is 52.6 Å². The second kappa shape index (κ2) is 6.55. The summed E-state index contributed by atoms with van der Waals surface area (Å²) in [5, 5.41) is 0. The van der Waals surface area contributed by atoms with Crippen LogP contribution in [0.1, 0.15) is 31.7 Å². The lowest BCUT2D eigenvalue weighted by Crippen LogP contribution is -2.37. The number of aryl methyl sites for hydroxylation is 1. The first kappa shape index (κ1) is 14.6. The zero-order valence-electron chi connectivity index (χ0n) is 11.9. The molecule has 1 aliphatic carbocycles. The van der Waals surface area contributed by atoms with Gasteiger partial charge in [-0.25, -0.2) is 0 Å². The molecule has 0 amide bonds. The van der Waals surface area contributed by atoms with Crippen LogP contribution in [0, 0.1) is 12.8 Å². The predicted octanol–water partition coefficient (Wildman–Crippen LogP) is 2.67. The maximum absolute atomic E-state index is 11.9. The van der Waals surface area contributed by atoms with Crippen LogP contribution in [0.3, 0.4) is 0 Å². The van der Waals surface area contributed by atoms with Crippen molar-refractivity contribution < 1.29 is 19.1 Å². The zero-order valence-corrected chi connectivity index (χ0v) is 11.9. The van der Waals surface area contributed by atoms with Crippen molar-refractivity contribution in [1.29, 1.82) is 0 Å². The molecule has 1 fully saturated rings. The van der Waals surface area contributed by atoms with Crippen LogP contribution in [0.5, 0.6) is 5.75 Å². The van der Waals surface area contributed by atoms with Crippen LogP contribution < -0.4 is 4.74 Å². The molecule has 4 nitrogen and oxygen atoms in total. The largest absolute Gasteiger partial charge is 0.483 e. The Bertz CT molecular complexity index is 478. The van der Waals surface area contributed by atoms with Crippen molar-refractivity contribution in [2.45, 2.75) is 39.2 Å². The number of hydrogen-bond acceptors (Lipinski definition) is 4. The average Bonchev–Trinajstić information content (AvgIpc) is 2.44. The van der Waals surface area contributed by atoms with E-state index in [-0.39, 0.29) is 17.7 Å². The zero-order chi connectivity index (χ0) is 14.5. The third kappa shape index (κ3) is 3.59. The first-order valence-electron chi connectivity index (χ1n) is 7.02. The van der Waals surface area contributed by atoms with Gasteiger partial charge in [-0.15, -0.1) is 0 Å². The lowest BCUT2D eigenvalue weighted by Gasteiger charge is -2.27. The fourth-order valence-electron chi connectivity index (χ4n) is 2.35. The quantitative estimate of drug-likeness (QED) is 0.793. The molecule has 1 aromatic carbocycles. The first-order chi connectivity index (χ1) is 9.60. The fourth-order valence-corrected chi connectivity index (χ4v) is 2.35. The maximum Gasteiger partial charge on any atom is 0.309 e. The number of Topliss-reactive ketones (excluding diaryl/α,β-unsaturated/α-hetero) is 1. The fraction of sp³-hybridized carbons (Fsp3) is 0.500. The van der Waals surface area contributed by atoms with E-state index >= 15 is 0 Å². The molecule has 20 heavy (non-hydrogen) atoms. The standard InChI is InChI=1S/C16H20O4/c1-3-19-16(18)12-6-9-14(17)15(10-12)20-13-7-4-11(2)5-8-13/h4-5,7-8,12,15H,3,6,9-10H2,1-2H3. The van der Waals surface area contributed by atoms with Crippen molar-refractivity contribution in [2.75, 3.05) is 6.61 Å². The van der Waals surface area contributed by atoms with Crippen LogP contribution in [0.4, 0.5) is 0 Å². The molecule has 0 spiro atoms. The molecule has 0 aromatic heterocycles. The molecule has 1 aliphatic rings. The Balaban J connectivity index is 2.00. The molecule has 0 bridgehead atoms. The lowest BCUT2D eigenvalue weighted by molar-refractivity contribution is -0.151. The molecule has 0 saturated heterocycles. The van der Waals surface area contributed by atoms with Gasteiger partial charge in [0.05, 0.1) is 12.5 Å². The Kier molecular flexibility index (Phi) is 4.77. The van der Waals surface area contributed by atoms with E-state index in [1.807, 2.05) is 31.2 Å². The van der Waals surface area contributed by atoms with Gasteiger partial charge in [0.1, 0.15) is 5.75 Å². The third-order valence-electron chi connectivity index (χ3n) is 3.52. The Morgan fingerprint density at radius 3 is 2.65 bits per heavy atom. The highest BCUT2D eigenvalue weighted by atomic mass is 16.5. The summed E-state index contributed by atoms with van der Waals surface area (Å²) in [7, 11) is 0. The first-order valence-corrected chi connectivity index (χ1v) is 7.02. The van der Waals surface area contributed by atoms with Gasteiger partial charge in [0.25, 0.3) is 0 Å². The Morgan fingerprint density at radius 1 is 1.30 bits per heavy atom. The second-order valence-electron chi connectivity index (χ2n) is 5.11. The van der Waals surface area contributed by atoms with Crippen LogP contribution in [0.15, 0.2) is 24.3 Å². The highest BCUT2D eigenvalue weighted by molar-refractivity contribution is 5.86. The number of hydrogen-bond donors (Lipinski definition) is 0. The van der Waals surface area contributed by atoms with E-state index in [1.165, 1.54) is 0 Å². The van der Waals surface area contributed by atoms with Crippen molar-refractivity contribution in [3.8, 4) is 5.75 Å². The maximum atomic E-state index is 11.9. The van der Waals surface area contributed by atoms with E-state index in [4.69, 9.17) is 9.47 Å². The van der Waals surface area contributed by atoms with Crippen molar-refractivity contribution in [1.82, 2.24) is 0 Å². The van der Waals surface area contributed by atoms with Crippen molar-refractivity contribution in [3.63, 3.8) is 0 Å². The van der Waals surface area contributed by atoms with Gasteiger partial charge in [0, 0.05) is 12.8 Å². The van der Waals surface area contributed by atoms with Gasteiger partial charge < -0.3 is 9.47 Å². The Hall–Kier alpha value is -1.84. The molecule has 2 atom stereocenters. The molecule has 2 rings (SSSR count). The van der Waals surface area contributed by atoms with Crippen LogP contribution in [-0.2, 0) is 14.3 Å². The summed E-state index contributed by atoms with van der Waals surface area (Å²) in [4.78, 5) is 23.7. The van der Waals surface area contributed by atoms with Crippen molar-refractivity contribution in [3.05, 3.63) is 29.8 Å². The SMILES string of the molecule is CCOC(=O)C1CCC(=O)C(Oc2ccc(C)cc2)C1. The van der Waals surface area contributed by atoms with Gasteiger partial charge >= 0.3 is 5.97 Å². The minimum atomic E-state index is -0.541. The third-order valence-corrected chi connectivity index (χ3v) is 3.52. The minimum Gasteiger partial charge on any atom is -0.483 e. The van der Waals surface area contributed by atoms with Gasteiger partial charge in [-0.1, -0.05) is 17.7 Å². The minimum absolute atomic E-state index is 0.0612. The van der Waals surface area contributed by atoms with E-state index < -0.39 is 6.10 Å². The number of ketones is 1. The molecular formula is C16H20O4. The van der Waals surface area contributed by atoms with Gasteiger partial charge in [-0.2, -0.15) is 0 Å². The summed E-state index contributed by atoms with van der Waals surface area (Å²) in [5.41, 5.74) is 1.14. The number of rotatable bonds is 4. The lowest BCUT2D eigenvalue weighted by atomic mass is 9.86. The summed E-state index contributed by atoms with van der Waals surface area (Å²) >= 11 is 0. The van der Waals surface area contributed by atoms with Gasteiger partial charge in [0.2, 0.25) is 0 Å². The molecule has 0 heterocycles. The van der Waals surface area contributed by atoms with Crippen LogP contribution in [0.2, 0.25) is 0 Å². The Labute approximate surface area is 119 Å². The average molecular weight is 276 g/mol.